The molecule has 0 aliphatic heterocycles. The summed E-state index contributed by atoms with van der Waals surface area (Å²) >= 11 is 3.40. The first-order chi connectivity index (χ1) is 9.74. The van der Waals surface area contributed by atoms with Crippen molar-refractivity contribution in [1.29, 1.82) is 5.26 Å². The normalized spacial score (nSPS) is 10.1. The molecule has 102 valence electrons. The number of nitriles is 1. The summed E-state index contributed by atoms with van der Waals surface area (Å²) in [6.45, 7) is 2.01. The van der Waals surface area contributed by atoms with Gasteiger partial charge in [0, 0.05) is 24.1 Å². The molecular formula is C16H16BrN3. The summed E-state index contributed by atoms with van der Waals surface area (Å²) in [6, 6.07) is 18.2. The van der Waals surface area contributed by atoms with Crippen molar-refractivity contribution in [2.75, 3.05) is 18.0 Å². The van der Waals surface area contributed by atoms with E-state index >= 15 is 0 Å². The number of halogens is 1. The zero-order chi connectivity index (χ0) is 14.4. The Balaban J connectivity index is 2.31. The molecule has 0 heterocycles. The lowest BCUT2D eigenvalue weighted by Crippen LogP contribution is -2.29. The molecule has 2 rings (SSSR count). The zero-order valence-corrected chi connectivity index (χ0v) is 12.7. The van der Waals surface area contributed by atoms with E-state index in [1.165, 1.54) is 5.56 Å². The predicted octanol–water partition coefficient (Wildman–Crippen LogP) is 3.29. The fraction of sp³-hybridized carbons (Fsp3) is 0.188. The van der Waals surface area contributed by atoms with Crippen molar-refractivity contribution in [3.05, 3.63) is 64.1 Å². The highest BCUT2D eigenvalue weighted by molar-refractivity contribution is 9.10. The molecule has 0 unspecified atom stereocenters. The van der Waals surface area contributed by atoms with Crippen LogP contribution in [0.3, 0.4) is 0 Å². The quantitative estimate of drug-likeness (QED) is 0.915. The van der Waals surface area contributed by atoms with E-state index in [9.17, 15) is 5.26 Å². The van der Waals surface area contributed by atoms with Crippen LogP contribution in [0.15, 0.2) is 53.0 Å². The summed E-state index contributed by atoms with van der Waals surface area (Å²) in [5.74, 6) is 0. The maximum Gasteiger partial charge on any atom is 0.101 e. The molecule has 20 heavy (non-hydrogen) atoms. The smallest absolute Gasteiger partial charge is 0.101 e. The lowest BCUT2D eigenvalue weighted by molar-refractivity contribution is 0.789. The monoisotopic (exact) mass is 329 g/mol. The highest BCUT2D eigenvalue weighted by Crippen LogP contribution is 2.25. The van der Waals surface area contributed by atoms with Crippen molar-refractivity contribution >= 4 is 21.6 Å². The fourth-order valence-electron chi connectivity index (χ4n) is 2.12. The van der Waals surface area contributed by atoms with Gasteiger partial charge in [-0.25, -0.2) is 0 Å². The molecule has 0 radical (unpaired) electrons. The van der Waals surface area contributed by atoms with Crippen LogP contribution < -0.4 is 10.6 Å². The van der Waals surface area contributed by atoms with Crippen LogP contribution in [0.25, 0.3) is 0 Å². The maximum atomic E-state index is 9.30. The standard InChI is InChI=1S/C16H16BrN3/c17-15-6-7-16(14(10-15)11-19)20(9-8-18)12-13-4-2-1-3-5-13/h1-7,10H,8-9,12,18H2. The third-order valence-corrected chi connectivity index (χ3v) is 3.53. The van der Waals surface area contributed by atoms with Crippen molar-refractivity contribution in [1.82, 2.24) is 0 Å². The van der Waals surface area contributed by atoms with Gasteiger partial charge in [-0.2, -0.15) is 5.26 Å². The molecule has 0 aromatic heterocycles. The van der Waals surface area contributed by atoms with E-state index in [0.29, 0.717) is 18.7 Å². The summed E-state index contributed by atoms with van der Waals surface area (Å²) in [4.78, 5) is 2.14. The number of benzene rings is 2. The Morgan fingerprint density at radius 2 is 1.90 bits per heavy atom. The molecule has 0 amide bonds. The molecule has 0 bridgehead atoms. The SMILES string of the molecule is N#Cc1cc(Br)ccc1N(CCN)Cc1ccccc1. The van der Waals surface area contributed by atoms with Crippen molar-refractivity contribution in [3.8, 4) is 6.07 Å². The van der Waals surface area contributed by atoms with Gasteiger partial charge in [-0.05, 0) is 23.8 Å². The first-order valence-corrected chi connectivity index (χ1v) is 7.22. The number of anilines is 1. The minimum Gasteiger partial charge on any atom is -0.365 e. The van der Waals surface area contributed by atoms with Gasteiger partial charge in [0.05, 0.1) is 11.3 Å². The second kappa shape index (κ2) is 7.09. The second-order valence-electron chi connectivity index (χ2n) is 4.47. The van der Waals surface area contributed by atoms with Crippen molar-refractivity contribution in [2.45, 2.75) is 6.54 Å². The van der Waals surface area contributed by atoms with E-state index in [2.05, 4.69) is 39.0 Å². The lowest BCUT2D eigenvalue weighted by Gasteiger charge is -2.25. The van der Waals surface area contributed by atoms with E-state index in [0.717, 1.165) is 16.7 Å². The Labute approximate surface area is 127 Å². The number of nitrogens with two attached hydrogens (primary N) is 1. The van der Waals surface area contributed by atoms with Gasteiger partial charge in [-0.3, -0.25) is 0 Å². The molecule has 0 fully saturated rings. The van der Waals surface area contributed by atoms with Gasteiger partial charge in [0.2, 0.25) is 0 Å². The summed E-state index contributed by atoms with van der Waals surface area (Å²) in [5.41, 5.74) is 8.49. The van der Waals surface area contributed by atoms with Gasteiger partial charge in [0.15, 0.2) is 0 Å². The molecule has 0 saturated heterocycles. The molecule has 2 aromatic rings. The molecule has 3 nitrogen and oxygen atoms in total. The lowest BCUT2D eigenvalue weighted by atomic mass is 10.1. The van der Waals surface area contributed by atoms with Crippen LogP contribution >= 0.6 is 15.9 Å². The van der Waals surface area contributed by atoms with Crippen molar-refractivity contribution < 1.29 is 0 Å². The minimum atomic E-state index is 0.549. The van der Waals surface area contributed by atoms with Crippen LogP contribution in [0, 0.1) is 11.3 Å². The topological polar surface area (TPSA) is 53.0 Å². The van der Waals surface area contributed by atoms with Crippen molar-refractivity contribution in [3.63, 3.8) is 0 Å². The Morgan fingerprint density at radius 1 is 1.15 bits per heavy atom. The second-order valence-corrected chi connectivity index (χ2v) is 5.38. The highest BCUT2D eigenvalue weighted by atomic mass is 79.9. The first-order valence-electron chi connectivity index (χ1n) is 6.43. The molecule has 2 N–H and O–H groups in total. The molecule has 0 atom stereocenters. The van der Waals surface area contributed by atoms with E-state index in [-0.39, 0.29) is 0 Å². The number of hydrogen-bond acceptors (Lipinski definition) is 3. The fourth-order valence-corrected chi connectivity index (χ4v) is 2.48. The van der Waals surface area contributed by atoms with Crippen LogP contribution in [0.2, 0.25) is 0 Å². The summed E-state index contributed by atoms with van der Waals surface area (Å²) in [5, 5.41) is 9.30. The van der Waals surface area contributed by atoms with E-state index in [4.69, 9.17) is 5.73 Å². The number of nitrogens with zero attached hydrogens (tertiary/aromatic N) is 2. The van der Waals surface area contributed by atoms with Crippen LogP contribution in [-0.2, 0) is 6.54 Å². The van der Waals surface area contributed by atoms with Gasteiger partial charge < -0.3 is 10.6 Å². The Hall–Kier alpha value is -1.83. The molecule has 0 saturated carbocycles. The van der Waals surface area contributed by atoms with Gasteiger partial charge in [-0.1, -0.05) is 46.3 Å². The number of rotatable bonds is 5. The van der Waals surface area contributed by atoms with Gasteiger partial charge in [-0.15, -0.1) is 0 Å². The molecule has 0 spiro atoms. The number of hydrogen-bond donors (Lipinski definition) is 1. The van der Waals surface area contributed by atoms with E-state index < -0.39 is 0 Å². The summed E-state index contributed by atoms with van der Waals surface area (Å²) in [6.07, 6.45) is 0. The average molecular weight is 330 g/mol. The molecule has 4 heteroatoms. The molecule has 0 aliphatic carbocycles. The largest absolute Gasteiger partial charge is 0.365 e. The van der Waals surface area contributed by atoms with Crippen molar-refractivity contribution in [2.24, 2.45) is 5.73 Å². The molecule has 0 aliphatic rings. The molecular weight excluding hydrogens is 314 g/mol. The van der Waals surface area contributed by atoms with Gasteiger partial charge in [0.25, 0.3) is 0 Å². The zero-order valence-electron chi connectivity index (χ0n) is 11.1. The average Bonchev–Trinajstić information content (AvgIpc) is 2.48. The Kier molecular flexibility index (Phi) is 5.16. The van der Waals surface area contributed by atoms with Crippen LogP contribution in [0.1, 0.15) is 11.1 Å². The summed E-state index contributed by atoms with van der Waals surface area (Å²) in [7, 11) is 0. The van der Waals surface area contributed by atoms with Gasteiger partial charge in [0.1, 0.15) is 6.07 Å². The third kappa shape index (κ3) is 3.60. The van der Waals surface area contributed by atoms with Crippen LogP contribution in [0.4, 0.5) is 5.69 Å². The van der Waals surface area contributed by atoms with E-state index in [1.807, 2.05) is 36.4 Å². The Morgan fingerprint density at radius 3 is 2.55 bits per heavy atom. The predicted molar refractivity (Wildman–Crippen MR) is 85.4 cm³/mol. The summed E-state index contributed by atoms with van der Waals surface area (Å²) < 4.78 is 0.908. The molecule has 2 aromatic carbocycles. The maximum absolute atomic E-state index is 9.30. The van der Waals surface area contributed by atoms with Crippen LogP contribution in [-0.4, -0.2) is 13.1 Å². The highest BCUT2D eigenvalue weighted by Gasteiger charge is 2.11. The Bertz CT molecular complexity index is 605. The third-order valence-electron chi connectivity index (χ3n) is 3.04. The van der Waals surface area contributed by atoms with Gasteiger partial charge >= 0.3 is 0 Å². The minimum absolute atomic E-state index is 0.549. The van der Waals surface area contributed by atoms with Crippen LogP contribution in [0.5, 0.6) is 0 Å². The van der Waals surface area contributed by atoms with E-state index in [1.54, 1.807) is 0 Å². The first kappa shape index (κ1) is 14.6.